The average Bonchev–Trinajstić information content (AvgIpc) is 3.06. The highest BCUT2D eigenvalue weighted by atomic mass is 35.5. The summed E-state index contributed by atoms with van der Waals surface area (Å²) in [6.07, 6.45) is 3.42. The first-order valence-electron chi connectivity index (χ1n) is 10.4. The number of thioether (sulfide) groups is 1. The Balaban J connectivity index is 1.67. The smallest absolute Gasteiger partial charge is 0.326 e. The number of halogens is 1. The van der Waals surface area contributed by atoms with Gasteiger partial charge in [-0.25, -0.2) is 0 Å². The topological polar surface area (TPSA) is 65.1 Å². The van der Waals surface area contributed by atoms with Crippen molar-refractivity contribution in [3.05, 3.63) is 63.5 Å². The van der Waals surface area contributed by atoms with Crippen LogP contribution < -0.4 is 9.47 Å². The zero-order valence-corrected chi connectivity index (χ0v) is 20.7. The van der Waals surface area contributed by atoms with Crippen LogP contribution in [0.15, 0.2) is 47.4 Å². The first-order chi connectivity index (χ1) is 15.9. The maximum Gasteiger partial charge on any atom is 0.326 e. The number of rotatable bonds is 10. The molecule has 0 saturated carbocycles. The molecule has 1 heterocycles. The maximum absolute atomic E-state index is 12.8. The van der Waals surface area contributed by atoms with Crippen molar-refractivity contribution < 1.29 is 23.8 Å². The molecule has 3 rings (SSSR count). The van der Waals surface area contributed by atoms with Crippen LogP contribution in [0.5, 0.6) is 11.5 Å². The van der Waals surface area contributed by atoms with Gasteiger partial charge in [-0.15, -0.1) is 0 Å². The van der Waals surface area contributed by atoms with Crippen LogP contribution in [0.3, 0.4) is 0 Å². The zero-order valence-electron chi connectivity index (χ0n) is 18.3. The van der Waals surface area contributed by atoms with Gasteiger partial charge in [0.15, 0.2) is 11.5 Å². The Morgan fingerprint density at radius 3 is 2.64 bits per heavy atom. The highest BCUT2D eigenvalue weighted by Gasteiger charge is 2.33. The Morgan fingerprint density at radius 2 is 1.94 bits per heavy atom. The third-order valence-electron chi connectivity index (χ3n) is 4.71. The van der Waals surface area contributed by atoms with Crippen LogP contribution in [0.1, 0.15) is 30.9 Å². The zero-order chi connectivity index (χ0) is 23.8. The molecule has 1 amide bonds. The molecule has 1 saturated heterocycles. The molecule has 1 aliphatic rings. The molecule has 0 aliphatic carbocycles. The summed E-state index contributed by atoms with van der Waals surface area (Å²) in [5, 5.41) is 0.666. The first-order valence-corrected chi connectivity index (χ1v) is 12.0. The molecule has 0 bridgehead atoms. The molecule has 33 heavy (non-hydrogen) atoms. The van der Waals surface area contributed by atoms with Gasteiger partial charge in [-0.05, 0) is 47.9 Å². The minimum atomic E-state index is -0.468. The highest BCUT2D eigenvalue weighted by Crippen LogP contribution is 2.35. The molecular formula is C24H24ClNO5S2. The molecule has 0 N–H and O–H groups in total. The van der Waals surface area contributed by atoms with Crippen LogP contribution >= 0.6 is 35.6 Å². The predicted molar refractivity (Wildman–Crippen MR) is 135 cm³/mol. The largest absolute Gasteiger partial charge is 0.493 e. The van der Waals surface area contributed by atoms with E-state index in [1.54, 1.807) is 25.3 Å². The molecular weight excluding hydrogens is 482 g/mol. The lowest BCUT2D eigenvalue weighted by Crippen LogP contribution is -2.34. The number of hydrogen-bond donors (Lipinski definition) is 0. The molecule has 6 nitrogen and oxygen atoms in total. The number of carbonyl (C=O) groups is 2. The molecule has 1 fully saturated rings. The van der Waals surface area contributed by atoms with Gasteiger partial charge in [0, 0.05) is 5.02 Å². The van der Waals surface area contributed by atoms with Gasteiger partial charge >= 0.3 is 5.97 Å². The summed E-state index contributed by atoms with van der Waals surface area (Å²) < 4.78 is 16.8. The Bertz CT molecular complexity index is 1060. The molecule has 2 aromatic carbocycles. The summed E-state index contributed by atoms with van der Waals surface area (Å²) >= 11 is 12.4. The van der Waals surface area contributed by atoms with E-state index < -0.39 is 5.97 Å². The lowest BCUT2D eigenvalue weighted by molar-refractivity contribution is -0.146. The van der Waals surface area contributed by atoms with Crippen molar-refractivity contribution in [1.82, 2.24) is 4.90 Å². The number of carbonyl (C=O) groups excluding carboxylic acids is 2. The summed E-state index contributed by atoms with van der Waals surface area (Å²) in [5.41, 5.74) is 1.72. The van der Waals surface area contributed by atoms with E-state index in [-0.39, 0.29) is 12.5 Å². The van der Waals surface area contributed by atoms with Gasteiger partial charge in [-0.2, -0.15) is 0 Å². The number of methoxy groups -OCH3 is 1. The Labute approximate surface area is 207 Å². The number of ether oxygens (including phenoxy) is 3. The number of esters is 1. The van der Waals surface area contributed by atoms with E-state index in [0.717, 1.165) is 35.7 Å². The third kappa shape index (κ3) is 6.96. The van der Waals surface area contributed by atoms with Gasteiger partial charge in [0.1, 0.15) is 17.5 Å². The lowest BCUT2D eigenvalue weighted by Gasteiger charge is -2.13. The van der Waals surface area contributed by atoms with Crippen molar-refractivity contribution in [2.75, 3.05) is 20.3 Å². The van der Waals surface area contributed by atoms with Crippen LogP contribution in [-0.4, -0.2) is 41.4 Å². The van der Waals surface area contributed by atoms with E-state index in [1.165, 1.54) is 4.90 Å². The lowest BCUT2D eigenvalue weighted by atomic mass is 10.1. The number of unbranched alkanes of at least 4 members (excludes halogenated alkanes) is 1. The van der Waals surface area contributed by atoms with E-state index >= 15 is 0 Å². The second-order valence-electron chi connectivity index (χ2n) is 7.17. The number of benzene rings is 2. The highest BCUT2D eigenvalue weighted by molar-refractivity contribution is 8.26. The minimum Gasteiger partial charge on any atom is -0.493 e. The molecule has 0 aromatic heterocycles. The van der Waals surface area contributed by atoms with Crippen LogP contribution in [0, 0.1) is 0 Å². The monoisotopic (exact) mass is 505 g/mol. The van der Waals surface area contributed by atoms with Crippen molar-refractivity contribution >= 4 is 57.9 Å². The summed E-state index contributed by atoms with van der Waals surface area (Å²) in [5.74, 6) is 0.323. The Kier molecular flexibility index (Phi) is 9.17. The van der Waals surface area contributed by atoms with Crippen LogP contribution in [0.25, 0.3) is 6.08 Å². The SMILES string of the molecule is CCCCOC(=O)CN1C(=O)/C(=C/c2ccc(OCc3ccc(Cl)cc3)c(OC)c2)SC1=S. The van der Waals surface area contributed by atoms with Gasteiger partial charge in [0.2, 0.25) is 0 Å². The van der Waals surface area contributed by atoms with E-state index in [4.69, 9.17) is 38.0 Å². The minimum absolute atomic E-state index is 0.188. The summed E-state index contributed by atoms with van der Waals surface area (Å²) in [6.45, 7) is 2.52. The fourth-order valence-electron chi connectivity index (χ4n) is 2.93. The van der Waals surface area contributed by atoms with E-state index in [1.807, 2.05) is 37.3 Å². The van der Waals surface area contributed by atoms with E-state index in [9.17, 15) is 9.59 Å². The van der Waals surface area contributed by atoms with Crippen molar-refractivity contribution in [3.63, 3.8) is 0 Å². The quantitative estimate of drug-likeness (QED) is 0.183. The van der Waals surface area contributed by atoms with Crippen molar-refractivity contribution in [2.45, 2.75) is 26.4 Å². The normalized spacial score (nSPS) is 14.6. The molecule has 1 aliphatic heterocycles. The summed E-state index contributed by atoms with van der Waals surface area (Å²) in [6, 6.07) is 12.8. The third-order valence-corrected chi connectivity index (χ3v) is 6.34. The van der Waals surface area contributed by atoms with Crippen LogP contribution in [-0.2, 0) is 20.9 Å². The van der Waals surface area contributed by atoms with Crippen molar-refractivity contribution in [3.8, 4) is 11.5 Å². The second-order valence-corrected chi connectivity index (χ2v) is 9.28. The Hall–Kier alpha value is -2.55. The molecule has 0 radical (unpaired) electrons. The van der Waals surface area contributed by atoms with Gasteiger partial charge in [0.25, 0.3) is 5.91 Å². The first kappa shape index (κ1) is 25.1. The number of thiocarbonyl (C=S) groups is 1. The molecule has 0 unspecified atom stereocenters. The molecule has 9 heteroatoms. The van der Waals surface area contributed by atoms with Crippen LogP contribution in [0.2, 0.25) is 5.02 Å². The average molecular weight is 506 g/mol. The fourth-order valence-corrected chi connectivity index (χ4v) is 4.31. The number of amides is 1. The van der Waals surface area contributed by atoms with Gasteiger partial charge in [0.05, 0.1) is 18.6 Å². The van der Waals surface area contributed by atoms with E-state index in [0.29, 0.717) is 39.0 Å². The maximum atomic E-state index is 12.8. The van der Waals surface area contributed by atoms with E-state index in [2.05, 4.69) is 0 Å². The van der Waals surface area contributed by atoms with Gasteiger partial charge < -0.3 is 14.2 Å². The Morgan fingerprint density at radius 1 is 1.18 bits per heavy atom. The molecule has 174 valence electrons. The van der Waals surface area contributed by atoms with Crippen molar-refractivity contribution in [2.24, 2.45) is 0 Å². The molecule has 0 spiro atoms. The van der Waals surface area contributed by atoms with Crippen LogP contribution in [0.4, 0.5) is 0 Å². The number of hydrogen-bond acceptors (Lipinski definition) is 7. The van der Waals surface area contributed by atoms with Gasteiger partial charge in [-0.1, -0.05) is 67.1 Å². The standard InChI is InChI=1S/C24H24ClNO5S2/c1-3-4-11-30-22(27)14-26-23(28)21(33-24(26)32)13-17-7-10-19(20(12-17)29-2)31-15-16-5-8-18(25)9-6-16/h5-10,12-13H,3-4,11,14-15H2,1-2H3/b21-13-. The summed E-state index contributed by atoms with van der Waals surface area (Å²) in [4.78, 5) is 26.5. The molecule has 0 atom stereocenters. The summed E-state index contributed by atoms with van der Waals surface area (Å²) in [7, 11) is 1.55. The predicted octanol–water partition coefficient (Wildman–Crippen LogP) is 5.47. The fraction of sp³-hybridized carbons (Fsp3) is 0.292. The van der Waals surface area contributed by atoms with Crippen molar-refractivity contribution in [1.29, 1.82) is 0 Å². The number of nitrogens with zero attached hydrogens (tertiary/aromatic N) is 1. The second kappa shape index (κ2) is 12.1. The molecule has 2 aromatic rings. The van der Waals surface area contributed by atoms with Gasteiger partial charge in [-0.3, -0.25) is 14.5 Å².